The Bertz CT molecular complexity index is 979. The number of rotatable bonds is 7. The van der Waals surface area contributed by atoms with E-state index in [0.717, 1.165) is 22.4 Å². The van der Waals surface area contributed by atoms with Crippen molar-refractivity contribution in [2.45, 2.75) is 19.2 Å². The second kappa shape index (κ2) is 9.41. The molecule has 6 nitrogen and oxygen atoms in total. The number of benzene rings is 2. The van der Waals surface area contributed by atoms with Gasteiger partial charge in [0.1, 0.15) is 13.2 Å². The molecule has 1 amide bonds. The Hall–Kier alpha value is -3.38. The van der Waals surface area contributed by atoms with Gasteiger partial charge in [-0.1, -0.05) is 42.5 Å². The number of carbonyl (C=O) groups excluding carboxylic acids is 1. The van der Waals surface area contributed by atoms with Gasteiger partial charge in [0.25, 0.3) is 5.91 Å². The second-order valence-corrected chi connectivity index (χ2v) is 7.06. The summed E-state index contributed by atoms with van der Waals surface area (Å²) in [5.41, 5.74) is 2.73. The Labute approximate surface area is 176 Å². The molecule has 0 saturated carbocycles. The molecule has 1 atom stereocenters. The Morgan fingerprint density at radius 1 is 1.00 bits per heavy atom. The van der Waals surface area contributed by atoms with Crippen LogP contribution in [0.15, 0.2) is 73.1 Å². The molecule has 30 heavy (non-hydrogen) atoms. The van der Waals surface area contributed by atoms with Gasteiger partial charge in [-0.15, -0.1) is 0 Å². The lowest BCUT2D eigenvalue weighted by Crippen LogP contribution is -2.35. The number of hydrogen-bond donors (Lipinski definition) is 0. The fourth-order valence-corrected chi connectivity index (χ4v) is 3.50. The molecule has 2 heterocycles. The molecule has 0 fully saturated rings. The Morgan fingerprint density at radius 2 is 1.77 bits per heavy atom. The van der Waals surface area contributed by atoms with E-state index in [2.05, 4.69) is 4.98 Å². The highest BCUT2D eigenvalue weighted by Gasteiger charge is 2.26. The quantitative estimate of drug-likeness (QED) is 0.600. The Kier molecular flexibility index (Phi) is 6.25. The largest absolute Gasteiger partial charge is 0.486 e. The van der Waals surface area contributed by atoms with Crippen molar-refractivity contribution in [1.29, 1.82) is 0 Å². The third kappa shape index (κ3) is 4.60. The van der Waals surface area contributed by atoms with Crippen LogP contribution in [-0.4, -0.2) is 36.1 Å². The molecule has 1 aliphatic heterocycles. The first-order valence-electron chi connectivity index (χ1n) is 9.88. The fraction of sp³-hybridized carbons (Fsp3) is 0.250. The van der Waals surface area contributed by atoms with Crippen LogP contribution in [0.4, 0.5) is 0 Å². The average Bonchev–Trinajstić information content (AvgIpc) is 2.80. The maximum Gasteiger partial charge on any atom is 0.256 e. The number of nitrogens with zero attached hydrogens (tertiary/aromatic N) is 2. The van der Waals surface area contributed by atoms with Gasteiger partial charge in [0.2, 0.25) is 0 Å². The van der Waals surface area contributed by atoms with Crippen LogP contribution in [-0.2, 0) is 22.6 Å². The molecule has 1 aromatic heterocycles. The van der Waals surface area contributed by atoms with Gasteiger partial charge in [-0.3, -0.25) is 9.78 Å². The van der Waals surface area contributed by atoms with Crippen LogP contribution in [0, 0.1) is 0 Å². The van der Waals surface area contributed by atoms with Crippen molar-refractivity contribution < 1.29 is 19.0 Å². The van der Waals surface area contributed by atoms with Crippen LogP contribution in [0.25, 0.3) is 0 Å². The predicted molar refractivity (Wildman–Crippen MR) is 112 cm³/mol. The maximum absolute atomic E-state index is 13.5. The van der Waals surface area contributed by atoms with E-state index in [-0.39, 0.29) is 5.91 Å². The number of amides is 1. The molecule has 4 rings (SSSR count). The van der Waals surface area contributed by atoms with Gasteiger partial charge in [0.15, 0.2) is 17.6 Å². The Balaban J connectivity index is 1.61. The summed E-state index contributed by atoms with van der Waals surface area (Å²) < 4.78 is 16.9. The number of ether oxygens (including phenoxy) is 3. The summed E-state index contributed by atoms with van der Waals surface area (Å²) in [6.07, 6.45) is 2.81. The molecule has 2 aromatic carbocycles. The monoisotopic (exact) mass is 404 g/mol. The maximum atomic E-state index is 13.5. The fourth-order valence-electron chi connectivity index (χ4n) is 3.50. The van der Waals surface area contributed by atoms with E-state index >= 15 is 0 Å². The number of fused-ring (bicyclic) bond motifs is 1. The molecule has 0 radical (unpaired) electrons. The zero-order chi connectivity index (χ0) is 20.8. The number of carbonyl (C=O) groups is 1. The topological polar surface area (TPSA) is 60.9 Å². The summed E-state index contributed by atoms with van der Waals surface area (Å²) >= 11 is 0. The number of methoxy groups -OCH3 is 1. The number of pyridine rings is 1. The van der Waals surface area contributed by atoms with Gasteiger partial charge in [-0.2, -0.15) is 0 Å². The molecule has 0 aliphatic carbocycles. The first-order valence-corrected chi connectivity index (χ1v) is 9.88. The minimum absolute atomic E-state index is 0.109. The van der Waals surface area contributed by atoms with Crippen molar-refractivity contribution in [3.8, 4) is 11.5 Å². The van der Waals surface area contributed by atoms with E-state index in [1.165, 1.54) is 0 Å². The van der Waals surface area contributed by atoms with Crippen LogP contribution in [0.3, 0.4) is 0 Å². The SMILES string of the molecule is COC(C(=O)N(Cc1cccnc1)Cc1ccc2c(c1)OCCO2)c1ccccc1. The van der Waals surface area contributed by atoms with E-state index in [1.807, 2.05) is 60.7 Å². The summed E-state index contributed by atoms with van der Waals surface area (Å²) in [5, 5.41) is 0. The van der Waals surface area contributed by atoms with Gasteiger partial charge >= 0.3 is 0 Å². The molecule has 0 N–H and O–H groups in total. The lowest BCUT2D eigenvalue weighted by Gasteiger charge is -2.28. The minimum Gasteiger partial charge on any atom is -0.486 e. The molecule has 0 saturated heterocycles. The third-order valence-corrected chi connectivity index (χ3v) is 4.95. The molecule has 0 spiro atoms. The van der Waals surface area contributed by atoms with Crippen molar-refractivity contribution >= 4 is 5.91 Å². The van der Waals surface area contributed by atoms with E-state index in [1.54, 1.807) is 24.4 Å². The van der Waals surface area contributed by atoms with Gasteiger partial charge in [-0.05, 0) is 34.9 Å². The lowest BCUT2D eigenvalue weighted by atomic mass is 10.1. The van der Waals surface area contributed by atoms with Gasteiger partial charge in [-0.25, -0.2) is 0 Å². The van der Waals surface area contributed by atoms with Crippen molar-refractivity contribution in [2.75, 3.05) is 20.3 Å². The molecular weight excluding hydrogens is 380 g/mol. The van der Waals surface area contributed by atoms with E-state index < -0.39 is 6.10 Å². The van der Waals surface area contributed by atoms with Gasteiger partial charge in [0, 0.05) is 32.6 Å². The van der Waals surface area contributed by atoms with Gasteiger partial charge < -0.3 is 19.1 Å². The highest BCUT2D eigenvalue weighted by atomic mass is 16.6. The van der Waals surface area contributed by atoms with Crippen LogP contribution >= 0.6 is 0 Å². The molecule has 1 aliphatic rings. The molecule has 1 unspecified atom stereocenters. The van der Waals surface area contributed by atoms with Gasteiger partial charge in [0.05, 0.1) is 0 Å². The van der Waals surface area contributed by atoms with Crippen LogP contribution in [0.5, 0.6) is 11.5 Å². The van der Waals surface area contributed by atoms with Crippen LogP contribution in [0.2, 0.25) is 0 Å². The van der Waals surface area contributed by atoms with Crippen molar-refractivity contribution in [2.24, 2.45) is 0 Å². The summed E-state index contributed by atoms with van der Waals surface area (Å²) in [5.74, 6) is 1.33. The minimum atomic E-state index is -0.680. The smallest absolute Gasteiger partial charge is 0.256 e. The summed E-state index contributed by atoms with van der Waals surface area (Å²) in [4.78, 5) is 19.5. The van der Waals surface area contributed by atoms with Crippen molar-refractivity contribution in [3.05, 3.63) is 89.7 Å². The number of hydrogen-bond acceptors (Lipinski definition) is 5. The zero-order valence-corrected chi connectivity index (χ0v) is 16.9. The normalized spacial score (nSPS) is 13.5. The average molecular weight is 404 g/mol. The summed E-state index contributed by atoms with van der Waals surface area (Å²) in [6, 6.07) is 19.1. The van der Waals surface area contributed by atoms with Crippen molar-refractivity contribution in [1.82, 2.24) is 9.88 Å². The highest BCUT2D eigenvalue weighted by Crippen LogP contribution is 2.31. The Morgan fingerprint density at radius 3 is 2.50 bits per heavy atom. The standard InChI is InChI=1S/C24H24N2O4/c1-28-23(20-7-3-2-4-8-20)24(27)26(17-19-6-5-11-25-15-19)16-18-9-10-21-22(14-18)30-13-12-29-21/h2-11,14-15,23H,12-13,16-17H2,1H3. The number of aromatic nitrogens is 1. The van der Waals surface area contributed by atoms with Crippen molar-refractivity contribution in [3.63, 3.8) is 0 Å². The second-order valence-electron chi connectivity index (χ2n) is 7.06. The predicted octanol–water partition coefficient (Wildman–Crippen LogP) is 3.77. The first kappa shape index (κ1) is 19.9. The molecular formula is C24H24N2O4. The van der Waals surface area contributed by atoms with E-state index in [4.69, 9.17) is 14.2 Å². The lowest BCUT2D eigenvalue weighted by molar-refractivity contribution is -0.143. The highest BCUT2D eigenvalue weighted by molar-refractivity contribution is 5.82. The summed E-state index contributed by atoms with van der Waals surface area (Å²) in [7, 11) is 1.56. The molecule has 154 valence electrons. The molecule has 6 heteroatoms. The molecule has 0 bridgehead atoms. The van der Waals surface area contributed by atoms with E-state index in [0.29, 0.717) is 32.1 Å². The third-order valence-electron chi connectivity index (χ3n) is 4.95. The zero-order valence-electron chi connectivity index (χ0n) is 16.9. The molecule has 3 aromatic rings. The van der Waals surface area contributed by atoms with E-state index in [9.17, 15) is 4.79 Å². The summed E-state index contributed by atoms with van der Waals surface area (Å²) in [6.45, 7) is 1.91. The van der Waals surface area contributed by atoms with Crippen LogP contribution in [0.1, 0.15) is 22.8 Å². The first-order chi connectivity index (χ1) is 14.7. The van der Waals surface area contributed by atoms with Crippen LogP contribution < -0.4 is 9.47 Å².